The van der Waals surface area contributed by atoms with E-state index in [4.69, 9.17) is 22.1 Å². The molecule has 0 fully saturated rings. The molecule has 8 rings (SSSR count). The van der Waals surface area contributed by atoms with Gasteiger partial charge in [0, 0.05) is 114 Å². The molecule has 0 aliphatic carbocycles. The van der Waals surface area contributed by atoms with Gasteiger partial charge in [-0.2, -0.15) is 0 Å². The van der Waals surface area contributed by atoms with E-state index in [9.17, 15) is 0 Å². The molecule has 18 nitrogen and oxygen atoms in total. The number of hydrogen-bond donors (Lipinski definition) is 0. The van der Waals surface area contributed by atoms with Gasteiger partial charge in [0.1, 0.15) is 0 Å². The first kappa shape index (κ1) is 53.7. The Hall–Kier alpha value is -5.46. The second-order valence-electron chi connectivity index (χ2n) is 14.2. The molecular weight excluding hydrogens is 1080 g/mol. The van der Waals surface area contributed by atoms with Gasteiger partial charge in [-0.3, -0.25) is 9.82 Å². The molecule has 0 saturated carbocycles. The van der Waals surface area contributed by atoms with E-state index in [0.29, 0.717) is 0 Å². The number of aromatic nitrogens is 12. The van der Waals surface area contributed by atoms with E-state index in [-0.39, 0.29) is 67.1 Å². The average Bonchev–Trinajstić information content (AvgIpc) is 4.09. The first-order chi connectivity index (χ1) is 29.1. The van der Waals surface area contributed by atoms with Crippen LogP contribution < -0.4 is 0 Å². The minimum Gasteiger partial charge on any atom is -0.373 e. The summed E-state index contributed by atoms with van der Waals surface area (Å²) in [7, 11) is 0. The summed E-state index contributed by atoms with van der Waals surface area (Å²) in [5, 5.41) is 0. The van der Waals surface area contributed by atoms with Gasteiger partial charge in [0.2, 0.25) is 0 Å². The Bertz CT molecular complexity index is 2090. The summed E-state index contributed by atoms with van der Waals surface area (Å²) >= 11 is 0. The predicted octanol–water partition coefficient (Wildman–Crippen LogP) is 8.42. The van der Waals surface area contributed by atoms with Crippen molar-refractivity contribution in [2.24, 2.45) is 0 Å². The van der Waals surface area contributed by atoms with Crippen LogP contribution in [-0.2, 0) is 106 Å². The Morgan fingerprint density at radius 1 is 0.317 bits per heavy atom. The van der Waals surface area contributed by atoms with Crippen LogP contribution in [0.5, 0.6) is 0 Å². The van der Waals surface area contributed by atoms with Crippen LogP contribution in [0, 0.1) is 41.5 Å². The van der Waals surface area contributed by atoms with Gasteiger partial charge >= 0.3 is 67.1 Å². The minimum absolute atomic E-state index is 0. The standard InChI is InChI=1S/2C21H24N6.3Ag.2N3/c2*1-16-19(10-25-7-4-22-13-25)17(2)21(12-27-9-6-24-15-27)18(3)20(16)11-26-8-5-23-14-26;;;;2*1-3-2/h2*4-9,13-15H,10-12H2,1-3H3;;;;;/q;;3*+1;2*-1. The van der Waals surface area contributed by atoms with Gasteiger partial charge in [-0.05, 0) is 108 Å². The molecule has 0 saturated heterocycles. The second kappa shape index (κ2) is 26.9. The number of rotatable bonds is 12. The molecule has 0 aliphatic heterocycles. The summed E-state index contributed by atoms with van der Waals surface area (Å²) in [6.45, 7) is 18.4. The Balaban J connectivity index is 0.000000370. The third-order valence-electron chi connectivity index (χ3n) is 10.8. The molecule has 6 aromatic heterocycles. The summed E-state index contributed by atoms with van der Waals surface area (Å²) in [6.07, 6.45) is 34.4. The molecule has 2 aromatic carbocycles. The molecule has 0 amide bonds. The van der Waals surface area contributed by atoms with Gasteiger partial charge in [0.25, 0.3) is 0 Å². The van der Waals surface area contributed by atoms with Crippen LogP contribution in [0.25, 0.3) is 31.9 Å². The smallest absolute Gasteiger partial charge is 0.373 e. The van der Waals surface area contributed by atoms with Crippen molar-refractivity contribution in [3.05, 3.63) is 211 Å². The maximum Gasteiger partial charge on any atom is 1.00 e. The summed E-state index contributed by atoms with van der Waals surface area (Å²) in [5.41, 5.74) is 43.3. The molecule has 0 atom stereocenters. The molecule has 0 bridgehead atoms. The van der Waals surface area contributed by atoms with E-state index in [1.54, 1.807) is 0 Å². The molecular formula is C42H48Ag3N18+. The van der Waals surface area contributed by atoms with E-state index in [0.717, 1.165) is 39.3 Å². The third kappa shape index (κ3) is 14.3. The average molecular weight is 1130 g/mol. The summed E-state index contributed by atoms with van der Waals surface area (Å²) < 4.78 is 12.8. The van der Waals surface area contributed by atoms with Crippen molar-refractivity contribution in [1.29, 1.82) is 0 Å². The van der Waals surface area contributed by atoms with Crippen molar-refractivity contribution in [3.8, 4) is 0 Å². The van der Waals surface area contributed by atoms with Gasteiger partial charge in [-0.15, -0.1) is 0 Å². The van der Waals surface area contributed by atoms with E-state index >= 15 is 0 Å². The largest absolute Gasteiger partial charge is 1.00 e. The topological polar surface area (TPSA) is 224 Å². The number of hydrogen-bond acceptors (Lipinski definition) is 6. The zero-order valence-corrected chi connectivity index (χ0v) is 40.0. The molecule has 8 aromatic rings. The molecule has 0 radical (unpaired) electrons. The van der Waals surface area contributed by atoms with E-state index in [1.807, 2.05) is 112 Å². The SMILES string of the molecule is Cc1c(Cn2ccnc2)c(C)c(Cn2ccnc2)c(C)c1Cn1ccnc1.Cc1c(Cn2ccnc2)c(C)c(Cn2ccnc2)c(C)c1Cn1ccnc1.[Ag+].[Ag+].[Ag+].[N-]=[N+]=[N-].[N-]=[N+]=[N-]. The molecule has 0 spiro atoms. The monoisotopic (exact) mass is 1130 g/mol. The molecule has 63 heavy (non-hydrogen) atoms. The van der Waals surface area contributed by atoms with Gasteiger partial charge < -0.3 is 49.5 Å². The van der Waals surface area contributed by atoms with E-state index in [2.05, 4.69) is 98.8 Å². The van der Waals surface area contributed by atoms with Crippen LogP contribution in [-0.4, -0.2) is 57.3 Å². The van der Waals surface area contributed by atoms with Crippen LogP contribution in [0.2, 0.25) is 0 Å². The molecule has 338 valence electrons. The third-order valence-corrected chi connectivity index (χ3v) is 10.8. The normalized spacial score (nSPS) is 9.87. The van der Waals surface area contributed by atoms with Crippen LogP contribution >= 0.6 is 0 Å². The fraction of sp³-hybridized carbons (Fsp3) is 0.286. The van der Waals surface area contributed by atoms with Crippen molar-refractivity contribution >= 4 is 0 Å². The first-order valence-electron chi connectivity index (χ1n) is 19.0. The Labute approximate surface area is 413 Å². The maximum atomic E-state index is 6.75. The van der Waals surface area contributed by atoms with Crippen molar-refractivity contribution in [3.63, 3.8) is 0 Å². The molecule has 6 heterocycles. The summed E-state index contributed by atoms with van der Waals surface area (Å²) in [4.78, 5) is 28.2. The maximum absolute atomic E-state index is 6.75. The Morgan fingerprint density at radius 3 is 0.540 bits per heavy atom. The minimum atomic E-state index is 0. The Kier molecular flexibility index (Phi) is 22.9. The molecule has 21 heteroatoms. The fourth-order valence-electron chi connectivity index (χ4n) is 7.58. The van der Waals surface area contributed by atoms with Crippen LogP contribution in [0.15, 0.2) is 112 Å². The van der Waals surface area contributed by atoms with Crippen molar-refractivity contribution in [2.45, 2.75) is 80.8 Å². The number of benzene rings is 2. The van der Waals surface area contributed by atoms with Gasteiger partial charge in [0.15, 0.2) is 0 Å². The van der Waals surface area contributed by atoms with Crippen molar-refractivity contribution < 1.29 is 67.1 Å². The molecule has 0 unspecified atom stereocenters. The van der Waals surface area contributed by atoms with Crippen molar-refractivity contribution in [2.75, 3.05) is 0 Å². The zero-order valence-electron chi connectivity index (χ0n) is 35.6. The first-order valence-corrected chi connectivity index (χ1v) is 19.0. The van der Waals surface area contributed by atoms with Gasteiger partial charge in [-0.25, -0.2) is 29.9 Å². The van der Waals surface area contributed by atoms with Crippen LogP contribution in [0.1, 0.15) is 66.8 Å². The quantitative estimate of drug-likeness (QED) is 0.0505. The van der Waals surface area contributed by atoms with E-state index < -0.39 is 0 Å². The van der Waals surface area contributed by atoms with Crippen LogP contribution in [0.3, 0.4) is 0 Å². The Morgan fingerprint density at radius 2 is 0.444 bits per heavy atom. The van der Waals surface area contributed by atoms with E-state index in [1.165, 1.54) is 76.6 Å². The summed E-state index contributed by atoms with van der Waals surface area (Å²) in [6, 6.07) is 0. The fourth-order valence-corrected chi connectivity index (χ4v) is 7.58. The van der Waals surface area contributed by atoms with Gasteiger partial charge in [-0.1, -0.05) is 0 Å². The molecule has 0 N–H and O–H groups in total. The van der Waals surface area contributed by atoms with Crippen LogP contribution in [0.4, 0.5) is 0 Å². The molecule has 0 aliphatic rings. The summed E-state index contributed by atoms with van der Waals surface area (Å²) in [5.74, 6) is 0. The zero-order chi connectivity index (χ0) is 43.0. The van der Waals surface area contributed by atoms with Crippen molar-refractivity contribution in [1.82, 2.24) is 57.3 Å². The predicted molar refractivity (Wildman–Crippen MR) is 229 cm³/mol. The second-order valence-corrected chi connectivity index (χ2v) is 14.2. The number of nitrogens with zero attached hydrogens (tertiary/aromatic N) is 18. The number of imidazole rings is 6. The van der Waals surface area contributed by atoms with Gasteiger partial charge in [0.05, 0.1) is 38.0 Å².